The van der Waals surface area contributed by atoms with Crippen molar-refractivity contribution in [3.05, 3.63) is 70.4 Å². The minimum atomic E-state index is -0.177. The smallest absolute Gasteiger partial charge is 0.124 e. The van der Waals surface area contributed by atoms with Crippen molar-refractivity contribution >= 4 is 21.4 Å². The Hall–Kier alpha value is -1.71. The van der Waals surface area contributed by atoms with Crippen molar-refractivity contribution < 1.29 is 4.39 Å². The molecule has 0 spiro atoms. The van der Waals surface area contributed by atoms with Crippen LogP contribution in [0.25, 0.3) is 10.1 Å². The van der Waals surface area contributed by atoms with Crippen LogP contribution in [0.5, 0.6) is 0 Å². The monoisotopic (exact) mass is 299 g/mol. The van der Waals surface area contributed by atoms with Crippen molar-refractivity contribution in [3.8, 4) is 0 Å². The zero-order chi connectivity index (χ0) is 14.8. The molecule has 1 unspecified atom stereocenters. The van der Waals surface area contributed by atoms with Gasteiger partial charge in [0, 0.05) is 9.58 Å². The summed E-state index contributed by atoms with van der Waals surface area (Å²) >= 11 is 1.65. The fourth-order valence-electron chi connectivity index (χ4n) is 2.59. The summed E-state index contributed by atoms with van der Waals surface area (Å²) in [6, 6.07) is 16.0. The molecule has 21 heavy (non-hydrogen) atoms. The second-order valence-corrected chi connectivity index (χ2v) is 6.26. The standard InChI is InChI=1S/C18H18FNS/c1-3-12-4-6-13(7-5-12)18(20-2)17-10-14-8-9-15(19)11-16(14)21-17/h4-11,18,20H,3H2,1-2H3. The van der Waals surface area contributed by atoms with Crippen LogP contribution >= 0.6 is 11.3 Å². The number of fused-ring (bicyclic) bond motifs is 1. The van der Waals surface area contributed by atoms with E-state index in [1.807, 2.05) is 13.1 Å². The van der Waals surface area contributed by atoms with Crippen molar-refractivity contribution in [1.29, 1.82) is 0 Å². The van der Waals surface area contributed by atoms with E-state index in [1.165, 1.54) is 22.1 Å². The fourth-order valence-corrected chi connectivity index (χ4v) is 3.81. The van der Waals surface area contributed by atoms with Gasteiger partial charge in [-0.2, -0.15) is 0 Å². The first-order valence-electron chi connectivity index (χ1n) is 7.16. The number of thiophene rings is 1. The Morgan fingerprint density at radius 1 is 1.10 bits per heavy atom. The molecule has 1 nitrogen and oxygen atoms in total. The lowest BCUT2D eigenvalue weighted by Gasteiger charge is -2.15. The highest BCUT2D eigenvalue weighted by molar-refractivity contribution is 7.19. The van der Waals surface area contributed by atoms with Gasteiger partial charge in [0.2, 0.25) is 0 Å². The molecule has 0 fully saturated rings. The van der Waals surface area contributed by atoms with Crippen LogP contribution < -0.4 is 5.32 Å². The largest absolute Gasteiger partial charge is 0.309 e. The number of rotatable bonds is 4. The molecule has 0 radical (unpaired) electrons. The first kappa shape index (κ1) is 14.2. The molecule has 0 saturated heterocycles. The maximum Gasteiger partial charge on any atom is 0.124 e. The molecule has 0 aliphatic heterocycles. The molecule has 0 saturated carbocycles. The molecule has 1 atom stereocenters. The Kier molecular flexibility index (Phi) is 4.04. The molecule has 1 aromatic heterocycles. The van der Waals surface area contributed by atoms with Crippen LogP contribution in [0.1, 0.15) is 29.0 Å². The number of hydrogen-bond donors (Lipinski definition) is 1. The zero-order valence-corrected chi connectivity index (χ0v) is 13.0. The SMILES string of the molecule is CCc1ccc(C(NC)c2cc3ccc(F)cc3s2)cc1. The maximum absolute atomic E-state index is 13.3. The summed E-state index contributed by atoms with van der Waals surface area (Å²) in [5.74, 6) is -0.177. The molecule has 3 heteroatoms. The zero-order valence-electron chi connectivity index (χ0n) is 12.2. The minimum Gasteiger partial charge on any atom is -0.309 e. The maximum atomic E-state index is 13.3. The summed E-state index contributed by atoms with van der Waals surface area (Å²) in [5, 5.41) is 4.46. The second-order valence-electron chi connectivity index (χ2n) is 5.15. The number of benzene rings is 2. The number of hydrogen-bond acceptors (Lipinski definition) is 2. The minimum absolute atomic E-state index is 0.149. The number of nitrogens with one attached hydrogen (secondary N) is 1. The van der Waals surface area contributed by atoms with Crippen LogP contribution in [0.4, 0.5) is 4.39 Å². The van der Waals surface area contributed by atoms with E-state index in [1.54, 1.807) is 17.4 Å². The van der Waals surface area contributed by atoms with Gasteiger partial charge in [0.05, 0.1) is 6.04 Å². The average molecular weight is 299 g/mol. The fraction of sp³-hybridized carbons (Fsp3) is 0.222. The second kappa shape index (κ2) is 5.96. The third-order valence-corrected chi connectivity index (χ3v) is 4.96. The Morgan fingerprint density at radius 2 is 1.86 bits per heavy atom. The topological polar surface area (TPSA) is 12.0 Å². The molecule has 0 aliphatic carbocycles. The predicted molar refractivity (Wildman–Crippen MR) is 88.5 cm³/mol. The first-order chi connectivity index (χ1) is 10.2. The van der Waals surface area contributed by atoms with Crippen molar-refractivity contribution in [1.82, 2.24) is 5.32 Å². The van der Waals surface area contributed by atoms with Crippen molar-refractivity contribution in [2.24, 2.45) is 0 Å². The van der Waals surface area contributed by atoms with Gasteiger partial charge >= 0.3 is 0 Å². The lowest BCUT2D eigenvalue weighted by molar-refractivity contribution is 0.630. The molecular formula is C18H18FNS. The summed E-state index contributed by atoms with van der Waals surface area (Å²) in [4.78, 5) is 1.21. The van der Waals surface area contributed by atoms with Gasteiger partial charge in [-0.05, 0) is 48.2 Å². The highest BCUT2D eigenvalue weighted by atomic mass is 32.1. The van der Waals surface area contributed by atoms with Gasteiger partial charge in [0.1, 0.15) is 5.82 Å². The van der Waals surface area contributed by atoms with Gasteiger partial charge in [-0.25, -0.2) is 4.39 Å². The van der Waals surface area contributed by atoms with Crippen molar-refractivity contribution in [3.63, 3.8) is 0 Å². The Morgan fingerprint density at radius 3 is 2.52 bits per heavy atom. The Balaban J connectivity index is 2.00. The van der Waals surface area contributed by atoms with Crippen molar-refractivity contribution in [2.75, 3.05) is 7.05 Å². The van der Waals surface area contributed by atoms with Crippen LogP contribution in [0.3, 0.4) is 0 Å². The van der Waals surface area contributed by atoms with E-state index < -0.39 is 0 Å². The van der Waals surface area contributed by atoms with E-state index in [2.05, 4.69) is 42.6 Å². The summed E-state index contributed by atoms with van der Waals surface area (Å²) in [7, 11) is 1.96. The van der Waals surface area contributed by atoms with Crippen LogP contribution in [0.15, 0.2) is 48.5 Å². The van der Waals surface area contributed by atoms with Gasteiger partial charge in [0.25, 0.3) is 0 Å². The molecule has 108 valence electrons. The molecule has 0 amide bonds. The third kappa shape index (κ3) is 2.85. The van der Waals surface area contributed by atoms with Crippen LogP contribution in [-0.4, -0.2) is 7.05 Å². The summed E-state index contributed by atoms with van der Waals surface area (Å²) in [5.41, 5.74) is 2.58. The van der Waals surface area contributed by atoms with Crippen LogP contribution in [0, 0.1) is 5.82 Å². The van der Waals surface area contributed by atoms with E-state index in [0.717, 1.165) is 16.5 Å². The van der Waals surface area contributed by atoms with E-state index >= 15 is 0 Å². The van der Waals surface area contributed by atoms with E-state index in [4.69, 9.17) is 0 Å². The van der Waals surface area contributed by atoms with E-state index in [-0.39, 0.29) is 11.9 Å². The molecule has 3 rings (SSSR count). The van der Waals surface area contributed by atoms with Gasteiger partial charge in [-0.3, -0.25) is 0 Å². The molecule has 2 aromatic carbocycles. The predicted octanol–water partition coefficient (Wildman–Crippen LogP) is 4.91. The third-order valence-electron chi connectivity index (χ3n) is 3.80. The quantitative estimate of drug-likeness (QED) is 0.721. The average Bonchev–Trinajstić information content (AvgIpc) is 2.91. The normalized spacial score (nSPS) is 12.7. The van der Waals surface area contributed by atoms with Gasteiger partial charge in [0.15, 0.2) is 0 Å². The summed E-state index contributed by atoms with van der Waals surface area (Å²) < 4.78 is 14.3. The highest BCUT2D eigenvalue weighted by Crippen LogP contribution is 2.33. The lowest BCUT2D eigenvalue weighted by Crippen LogP contribution is -2.16. The first-order valence-corrected chi connectivity index (χ1v) is 7.98. The lowest BCUT2D eigenvalue weighted by atomic mass is 10.0. The van der Waals surface area contributed by atoms with Crippen LogP contribution in [-0.2, 0) is 6.42 Å². The Bertz CT molecular complexity index is 746. The summed E-state index contributed by atoms with van der Waals surface area (Å²) in [6.07, 6.45) is 1.05. The van der Waals surface area contributed by atoms with Gasteiger partial charge in [-0.1, -0.05) is 37.3 Å². The van der Waals surface area contributed by atoms with E-state index in [0.29, 0.717) is 0 Å². The molecule has 3 aromatic rings. The van der Waals surface area contributed by atoms with Gasteiger partial charge in [-0.15, -0.1) is 11.3 Å². The molecule has 1 N–H and O–H groups in total. The van der Waals surface area contributed by atoms with Crippen LogP contribution in [0.2, 0.25) is 0 Å². The molecule has 0 aliphatic rings. The highest BCUT2D eigenvalue weighted by Gasteiger charge is 2.15. The van der Waals surface area contributed by atoms with Crippen molar-refractivity contribution in [2.45, 2.75) is 19.4 Å². The molecule has 0 bridgehead atoms. The Labute approximate surface area is 128 Å². The number of halogens is 1. The number of aryl methyl sites for hydroxylation is 1. The summed E-state index contributed by atoms with van der Waals surface area (Å²) in [6.45, 7) is 2.16. The molecular weight excluding hydrogens is 281 g/mol. The molecule has 1 heterocycles. The van der Waals surface area contributed by atoms with Gasteiger partial charge < -0.3 is 5.32 Å². The van der Waals surface area contributed by atoms with E-state index in [9.17, 15) is 4.39 Å².